The Hall–Kier alpha value is -1.71. The molecule has 0 unspecified atom stereocenters. The standard InChI is InChI=1S/C13H18N4/c14-11-6-9-8-15-17-12(9)7-13(11)16-10-4-2-1-3-5-10/h6-8,10,16H,1-5,14H2,(H,15,17). The van der Waals surface area contributed by atoms with Crippen molar-refractivity contribution in [3.05, 3.63) is 18.3 Å². The van der Waals surface area contributed by atoms with Crippen molar-refractivity contribution >= 4 is 22.3 Å². The van der Waals surface area contributed by atoms with Crippen LogP contribution in [0.25, 0.3) is 10.9 Å². The van der Waals surface area contributed by atoms with Crippen molar-refractivity contribution in [2.75, 3.05) is 11.1 Å². The van der Waals surface area contributed by atoms with Gasteiger partial charge in [-0.25, -0.2) is 0 Å². The van der Waals surface area contributed by atoms with E-state index < -0.39 is 0 Å². The molecule has 4 heteroatoms. The maximum absolute atomic E-state index is 6.06. The Balaban J connectivity index is 1.85. The van der Waals surface area contributed by atoms with E-state index in [1.54, 1.807) is 6.20 Å². The maximum Gasteiger partial charge on any atom is 0.0672 e. The molecule has 90 valence electrons. The number of aromatic nitrogens is 2. The summed E-state index contributed by atoms with van der Waals surface area (Å²) < 4.78 is 0. The summed E-state index contributed by atoms with van der Waals surface area (Å²) in [4.78, 5) is 0. The quantitative estimate of drug-likeness (QED) is 0.695. The van der Waals surface area contributed by atoms with Gasteiger partial charge in [0.25, 0.3) is 0 Å². The van der Waals surface area contributed by atoms with E-state index in [-0.39, 0.29) is 0 Å². The molecule has 3 rings (SSSR count). The van der Waals surface area contributed by atoms with E-state index in [1.165, 1.54) is 32.1 Å². The molecule has 0 saturated heterocycles. The molecule has 1 aliphatic carbocycles. The van der Waals surface area contributed by atoms with Crippen molar-refractivity contribution in [1.82, 2.24) is 10.2 Å². The van der Waals surface area contributed by atoms with Gasteiger partial charge >= 0.3 is 0 Å². The summed E-state index contributed by atoms with van der Waals surface area (Å²) in [5.74, 6) is 0. The van der Waals surface area contributed by atoms with E-state index in [0.717, 1.165) is 22.3 Å². The summed E-state index contributed by atoms with van der Waals surface area (Å²) in [5.41, 5.74) is 8.94. The summed E-state index contributed by atoms with van der Waals surface area (Å²) in [6.45, 7) is 0. The van der Waals surface area contributed by atoms with E-state index in [1.807, 2.05) is 6.07 Å². The number of hydrogen-bond donors (Lipinski definition) is 3. The Bertz CT molecular complexity index is 511. The molecular formula is C13H18N4. The normalized spacial score (nSPS) is 17.4. The lowest BCUT2D eigenvalue weighted by molar-refractivity contribution is 0.463. The van der Waals surface area contributed by atoms with E-state index in [4.69, 9.17) is 5.73 Å². The van der Waals surface area contributed by atoms with Crippen LogP contribution in [0.1, 0.15) is 32.1 Å². The summed E-state index contributed by atoms with van der Waals surface area (Å²) in [5, 5.41) is 11.6. The summed E-state index contributed by atoms with van der Waals surface area (Å²) in [6.07, 6.45) is 8.32. The van der Waals surface area contributed by atoms with Crippen LogP contribution < -0.4 is 11.1 Å². The highest BCUT2D eigenvalue weighted by Crippen LogP contribution is 2.28. The average molecular weight is 230 g/mol. The van der Waals surface area contributed by atoms with E-state index in [0.29, 0.717) is 6.04 Å². The van der Waals surface area contributed by atoms with Crippen LogP contribution in [-0.4, -0.2) is 16.2 Å². The SMILES string of the molecule is Nc1cc2cn[nH]c2cc1NC1CCCCC1. The average Bonchev–Trinajstić information content (AvgIpc) is 2.78. The van der Waals surface area contributed by atoms with Gasteiger partial charge in [0.2, 0.25) is 0 Å². The first-order valence-corrected chi connectivity index (χ1v) is 6.32. The molecule has 0 radical (unpaired) electrons. The summed E-state index contributed by atoms with van der Waals surface area (Å²) >= 11 is 0. The highest BCUT2D eigenvalue weighted by Gasteiger charge is 2.14. The predicted octanol–water partition coefficient (Wildman–Crippen LogP) is 2.89. The number of anilines is 2. The Morgan fingerprint density at radius 1 is 1.24 bits per heavy atom. The third-order valence-corrected chi connectivity index (χ3v) is 3.58. The van der Waals surface area contributed by atoms with Crippen molar-refractivity contribution in [2.45, 2.75) is 38.1 Å². The van der Waals surface area contributed by atoms with Crippen molar-refractivity contribution < 1.29 is 0 Å². The molecule has 17 heavy (non-hydrogen) atoms. The molecule has 1 aliphatic rings. The number of rotatable bonds is 2. The summed E-state index contributed by atoms with van der Waals surface area (Å²) in [7, 11) is 0. The molecule has 1 fully saturated rings. The minimum absolute atomic E-state index is 0.575. The first-order valence-electron chi connectivity index (χ1n) is 6.32. The van der Waals surface area contributed by atoms with Gasteiger partial charge in [-0.1, -0.05) is 19.3 Å². The van der Waals surface area contributed by atoms with Crippen LogP contribution in [0.4, 0.5) is 11.4 Å². The molecule has 0 spiro atoms. The van der Waals surface area contributed by atoms with Crippen LogP contribution in [0.2, 0.25) is 0 Å². The zero-order valence-electron chi connectivity index (χ0n) is 9.87. The van der Waals surface area contributed by atoms with Crippen LogP contribution >= 0.6 is 0 Å². The van der Waals surface area contributed by atoms with Gasteiger partial charge in [-0.3, -0.25) is 5.10 Å². The van der Waals surface area contributed by atoms with Gasteiger partial charge in [-0.15, -0.1) is 0 Å². The number of H-pyrrole nitrogens is 1. The molecule has 4 N–H and O–H groups in total. The van der Waals surface area contributed by atoms with Crippen LogP contribution in [0.3, 0.4) is 0 Å². The molecule has 1 aromatic carbocycles. The van der Waals surface area contributed by atoms with Crippen molar-refractivity contribution in [3.63, 3.8) is 0 Å². The molecule has 1 aromatic heterocycles. The third kappa shape index (κ3) is 2.07. The fourth-order valence-electron chi connectivity index (χ4n) is 2.60. The molecule has 0 bridgehead atoms. The maximum atomic E-state index is 6.06. The Kier molecular flexibility index (Phi) is 2.63. The largest absolute Gasteiger partial charge is 0.397 e. The smallest absolute Gasteiger partial charge is 0.0672 e. The number of hydrogen-bond acceptors (Lipinski definition) is 3. The lowest BCUT2D eigenvalue weighted by atomic mass is 9.95. The highest BCUT2D eigenvalue weighted by atomic mass is 15.1. The summed E-state index contributed by atoms with van der Waals surface area (Å²) in [6, 6.07) is 4.61. The van der Waals surface area contributed by atoms with Crippen LogP contribution in [0.5, 0.6) is 0 Å². The molecule has 1 heterocycles. The second-order valence-corrected chi connectivity index (χ2v) is 4.88. The van der Waals surface area contributed by atoms with Gasteiger partial charge in [-0.05, 0) is 25.0 Å². The molecule has 0 aliphatic heterocycles. The van der Waals surface area contributed by atoms with Crippen LogP contribution in [0.15, 0.2) is 18.3 Å². The van der Waals surface area contributed by atoms with E-state index in [9.17, 15) is 0 Å². The molecule has 0 amide bonds. The number of nitrogens with zero attached hydrogens (tertiary/aromatic N) is 1. The minimum Gasteiger partial charge on any atom is -0.397 e. The Labute approximate surface area is 101 Å². The van der Waals surface area contributed by atoms with Gasteiger partial charge in [0.1, 0.15) is 0 Å². The number of nitrogens with two attached hydrogens (primary N) is 1. The number of aromatic amines is 1. The van der Waals surface area contributed by atoms with Crippen molar-refractivity contribution in [1.29, 1.82) is 0 Å². The fraction of sp³-hybridized carbons (Fsp3) is 0.462. The number of nitrogen functional groups attached to an aromatic ring is 1. The second kappa shape index (κ2) is 4.28. The van der Waals surface area contributed by atoms with Gasteiger partial charge < -0.3 is 11.1 Å². The fourth-order valence-corrected chi connectivity index (χ4v) is 2.60. The van der Waals surface area contributed by atoms with E-state index in [2.05, 4.69) is 21.6 Å². The van der Waals surface area contributed by atoms with Crippen LogP contribution in [-0.2, 0) is 0 Å². The van der Waals surface area contributed by atoms with Gasteiger partial charge in [0.05, 0.1) is 23.1 Å². The molecule has 1 saturated carbocycles. The number of nitrogens with one attached hydrogen (secondary N) is 2. The van der Waals surface area contributed by atoms with Gasteiger partial charge in [0, 0.05) is 11.4 Å². The Morgan fingerprint density at radius 3 is 2.88 bits per heavy atom. The lowest BCUT2D eigenvalue weighted by Gasteiger charge is -2.24. The first-order chi connectivity index (χ1) is 8.33. The predicted molar refractivity (Wildman–Crippen MR) is 71.0 cm³/mol. The third-order valence-electron chi connectivity index (χ3n) is 3.58. The van der Waals surface area contributed by atoms with Crippen molar-refractivity contribution in [2.24, 2.45) is 0 Å². The van der Waals surface area contributed by atoms with Gasteiger partial charge in [-0.2, -0.15) is 5.10 Å². The molecular weight excluding hydrogens is 212 g/mol. The second-order valence-electron chi connectivity index (χ2n) is 4.88. The molecule has 0 atom stereocenters. The zero-order chi connectivity index (χ0) is 11.7. The molecule has 2 aromatic rings. The first kappa shape index (κ1) is 10.4. The minimum atomic E-state index is 0.575. The van der Waals surface area contributed by atoms with Crippen LogP contribution in [0, 0.1) is 0 Å². The van der Waals surface area contributed by atoms with Gasteiger partial charge in [0.15, 0.2) is 0 Å². The topological polar surface area (TPSA) is 66.7 Å². The number of fused-ring (bicyclic) bond motifs is 1. The monoisotopic (exact) mass is 230 g/mol. The molecule has 4 nitrogen and oxygen atoms in total. The number of benzene rings is 1. The highest BCUT2D eigenvalue weighted by molar-refractivity contribution is 5.88. The zero-order valence-corrected chi connectivity index (χ0v) is 9.87. The lowest BCUT2D eigenvalue weighted by Crippen LogP contribution is -2.22. The van der Waals surface area contributed by atoms with E-state index >= 15 is 0 Å². The Morgan fingerprint density at radius 2 is 2.06 bits per heavy atom. The van der Waals surface area contributed by atoms with Crippen molar-refractivity contribution in [3.8, 4) is 0 Å².